The van der Waals surface area contributed by atoms with Crippen molar-refractivity contribution in [2.75, 3.05) is 27.3 Å². The van der Waals surface area contributed by atoms with Crippen molar-refractivity contribution >= 4 is 5.91 Å². The summed E-state index contributed by atoms with van der Waals surface area (Å²) in [5, 5.41) is 0. The summed E-state index contributed by atoms with van der Waals surface area (Å²) in [5.74, 6) is 2.50. The molecule has 1 aromatic carbocycles. The fraction of sp³-hybridized carbons (Fsp3) is 0.429. The number of aryl methyl sites for hydroxylation is 2. The van der Waals surface area contributed by atoms with Crippen LogP contribution >= 0.6 is 0 Å². The van der Waals surface area contributed by atoms with Gasteiger partial charge in [0.05, 0.1) is 26.8 Å². The average molecular weight is 387 g/mol. The molecular weight excluding hydrogens is 362 g/mol. The topological polar surface area (TPSA) is 78.2 Å². The molecule has 1 saturated heterocycles. The van der Waals surface area contributed by atoms with E-state index in [0.29, 0.717) is 43.2 Å². The van der Waals surface area contributed by atoms with Crippen LogP contribution in [-0.2, 0) is 11.2 Å². The normalized spacial score (nSPS) is 16.1. The zero-order valence-corrected chi connectivity index (χ0v) is 16.4. The number of carbonyl (C=O) groups is 1. The lowest BCUT2D eigenvalue weighted by atomic mass is 10.1. The van der Waals surface area contributed by atoms with Crippen molar-refractivity contribution in [2.45, 2.75) is 32.3 Å². The van der Waals surface area contributed by atoms with E-state index in [1.54, 1.807) is 32.1 Å². The van der Waals surface area contributed by atoms with E-state index < -0.39 is 5.63 Å². The van der Waals surface area contributed by atoms with E-state index in [9.17, 15) is 9.59 Å². The van der Waals surface area contributed by atoms with E-state index in [4.69, 9.17) is 18.6 Å². The van der Waals surface area contributed by atoms with Crippen LogP contribution in [0.2, 0.25) is 0 Å². The zero-order valence-electron chi connectivity index (χ0n) is 16.4. The molecule has 0 radical (unpaired) electrons. The maximum atomic E-state index is 12.6. The maximum absolute atomic E-state index is 12.6. The van der Waals surface area contributed by atoms with Gasteiger partial charge < -0.3 is 23.5 Å². The van der Waals surface area contributed by atoms with Gasteiger partial charge in [-0.1, -0.05) is 6.07 Å². The third kappa shape index (κ3) is 4.85. The summed E-state index contributed by atoms with van der Waals surface area (Å²) in [6, 6.07) is 8.61. The van der Waals surface area contributed by atoms with Crippen LogP contribution in [0, 0.1) is 6.92 Å². The van der Waals surface area contributed by atoms with E-state index in [2.05, 4.69) is 0 Å². The standard InChI is InChI=1S/C21H25NO6/c1-14-10-18(12-21(24)27-14)28-17-8-9-22(13-17)20(23)7-5-15-4-6-16(25-2)11-19(15)26-3/h4,6,10-12,17H,5,7-9,13H2,1-3H3. The van der Waals surface area contributed by atoms with Gasteiger partial charge in [-0.15, -0.1) is 0 Å². The molecule has 0 N–H and O–H groups in total. The van der Waals surface area contributed by atoms with E-state index in [-0.39, 0.29) is 12.0 Å². The van der Waals surface area contributed by atoms with Gasteiger partial charge in [0.25, 0.3) is 0 Å². The summed E-state index contributed by atoms with van der Waals surface area (Å²) in [5.41, 5.74) is 0.532. The molecule has 3 rings (SSSR count). The smallest absolute Gasteiger partial charge is 0.339 e. The molecule has 1 aliphatic heterocycles. The molecule has 7 nitrogen and oxygen atoms in total. The number of hydrogen-bond donors (Lipinski definition) is 0. The van der Waals surface area contributed by atoms with E-state index >= 15 is 0 Å². The molecule has 7 heteroatoms. The average Bonchev–Trinajstić information content (AvgIpc) is 3.13. The Morgan fingerprint density at radius 1 is 1.18 bits per heavy atom. The number of rotatable bonds is 7. The van der Waals surface area contributed by atoms with E-state index in [0.717, 1.165) is 17.7 Å². The summed E-state index contributed by atoms with van der Waals surface area (Å²) in [6.45, 7) is 2.85. The van der Waals surface area contributed by atoms with Crippen LogP contribution in [0.3, 0.4) is 0 Å². The number of methoxy groups -OCH3 is 2. The van der Waals surface area contributed by atoms with Crippen molar-refractivity contribution in [3.05, 3.63) is 52.1 Å². The molecule has 1 unspecified atom stereocenters. The molecule has 0 spiro atoms. The van der Waals surface area contributed by atoms with Gasteiger partial charge in [-0.25, -0.2) is 4.79 Å². The van der Waals surface area contributed by atoms with Gasteiger partial charge in [-0.2, -0.15) is 0 Å². The lowest BCUT2D eigenvalue weighted by Gasteiger charge is -2.18. The van der Waals surface area contributed by atoms with E-state index in [1.807, 2.05) is 18.2 Å². The first kappa shape index (κ1) is 19.8. The summed E-state index contributed by atoms with van der Waals surface area (Å²) in [7, 11) is 3.21. The van der Waals surface area contributed by atoms with Gasteiger partial charge in [0.2, 0.25) is 5.91 Å². The van der Waals surface area contributed by atoms with Crippen molar-refractivity contribution in [1.29, 1.82) is 0 Å². The highest BCUT2D eigenvalue weighted by Crippen LogP contribution is 2.26. The largest absolute Gasteiger partial charge is 0.497 e. The minimum Gasteiger partial charge on any atom is -0.497 e. The highest BCUT2D eigenvalue weighted by molar-refractivity contribution is 5.77. The van der Waals surface area contributed by atoms with Gasteiger partial charge in [0, 0.05) is 31.5 Å². The van der Waals surface area contributed by atoms with Crippen LogP contribution < -0.4 is 19.8 Å². The van der Waals surface area contributed by atoms with E-state index in [1.165, 1.54) is 6.07 Å². The molecule has 1 aliphatic rings. The van der Waals surface area contributed by atoms with Crippen molar-refractivity contribution in [2.24, 2.45) is 0 Å². The Balaban J connectivity index is 1.54. The third-order valence-corrected chi connectivity index (χ3v) is 4.77. The quantitative estimate of drug-likeness (QED) is 0.727. The van der Waals surface area contributed by atoms with Crippen molar-refractivity contribution in [1.82, 2.24) is 4.90 Å². The predicted molar refractivity (Wildman–Crippen MR) is 103 cm³/mol. The Kier molecular flexibility index (Phi) is 6.23. The first-order chi connectivity index (χ1) is 13.5. The van der Waals surface area contributed by atoms with Crippen LogP contribution in [0.5, 0.6) is 17.2 Å². The molecule has 1 aromatic heterocycles. The van der Waals surface area contributed by atoms with Gasteiger partial charge in [-0.05, 0) is 25.0 Å². The monoisotopic (exact) mass is 387 g/mol. The number of carbonyl (C=O) groups excluding carboxylic acids is 1. The molecule has 0 bridgehead atoms. The second-order valence-corrected chi connectivity index (χ2v) is 6.77. The SMILES string of the molecule is COc1ccc(CCC(=O)N2CCC(Oc3cc(C)oc(=O)c3)C2)c(OC)c1. The van der Waals surface area contributed by atoms with Crippen LogP contribution in [-0.4, -0.2) is 44.2 Å². The molecule has 1 atom stereocenters. The van der Waals surface area contributed by atoms with Gasteiger partial charge in [0.15, 0.2) is 0 Å². The molecule has 1 amide bonds. The number of benzene rings is 1. The second kappa shape index (κ2) is 8.82. The van der Waals surface area contributed by atoms with Gasteiger partial charge in [0.1, 0.15) is 29.1 Å². The lowest BCUT2D eigenvalue weighted by molar-refractivity contribution is -0.130. The van der Waals surface area contributed by atoms with Crippen molar-refractivity contribution in [3.8, 4) is 17.2 Å². The molecule has 0 saturated carbocycles. The fourth-order valence-corrected chi connectivity index (χ4v) is 3.35. The summed E-state index contributed by atoms with van der Waals surface area (Å²) in [4.78, 5) is 25.8. The highest BCUT2D eigenvalue weighted by Gasteiger charge is 2.27. The number of hydrogen-bond acceptors (Lipinski definition) is 6. The van der Waals surface area contributed by atoms with Crippen LogP contribution in [0.15, 0.2) is 39.5 Å². The van der Waals surface area contributed by atoms with Gasteiger partial charge in [-0.3, -0.25) is 4.79 Å². The lowest BCUT2D eigenvalue weighted by Crippen LogP contribution is -2.31. The first-order valence-corrected chi connectivity index (χ1v) is 9.25. The summed E-state index contributed by atoms with van der Waals surface area (Å²) in [6.07, 6.45) is 1.59. The number of amides is 1. The molecular formula is C21H25NO6. The first-order valence-electron chi connectivity index (χ1n) is 9.25. The third-order valence-electron chi connectivity index (χ3n) is 4.77. The van der Waals surface area contributed by atoms with Crippen LogP contribution in [0.4, 0.5) is 0 Å². The molecule has 28 heavy (non-hydrogen) atoms. The molecule has 0 aliphatic carbocycles. The Bertz CT molecular complexity index is 891. The minimum atomic E-state index is -0.436. The maximum Gasteiger partial charge on any atom is 0.339 e. The van der Waals surface area contributed by atoms with Crippen LogP contribution in [0.25, 0.3) is 0 Å². The number of likely N-dealkylation sites (tertiary alicyclic amines) is 1. The van der Waals surface area contributed by atoms with Gasteiger partial charge >= 0.3 is 5.63 Å². The highest BCUT2D eigenvalue weighted by atomic mass is 16.5. The van der Waals surface area contributed by atoms with Crippen molar-refractivity contribution in [3.63, 3.8) is 0 Å². The summed E-state index contributed by atoms with van der Waals surface area (Å²) >= 11 is 0. The Morgan fingerprint density at radius 3 is 2.71 bits per heavy atom. The molecule has 2 heterocycles. The fourth-order valence-electron chi connectivity index (χ4n) is 3.35. The zero-order chi connectivity index (χ0) is 20.1. The predicted octanol–water partition coefficient (Wildman–Crippen LogP) is 2.58. The second-order valence-electron chi connectivity index (χ2n) is 6.77. The van der Waals surface area contributed by atoms with Crippen molar-refractivity contribution < 1.29 is 23.4 Å². The summed E-state index contributed by atoms with van der Waals surface area (Å²) < 4.78 is 21.4. The molecule has 2 aromatic rings. The molecule has 150 valence electrons. The molecule has 1 fully saturated rings. The number of ether oxygens (including phenoxy) is 3. The Hall–Kier alpha value is -2.96. The number of nitrogens with zero attached hydrogens (tertiary/aromatic N) is 1. The Labute approximate surface area is 163 Å². The Morgan fingerprint density at radius 2 is 2.00 bits per heavy atom. The minimum absolute atomic E-state index is 0.0766. The van der Waals surface area contributed by atoms with Crippen LogP contribution in [0.1, 0.15) is 24.2 Å².